The van der Waals surface area contributed by atoms with Gasteiger partial charge in [0.1, 0.15) is 6.04 Å². The van der Waals surface area contributed by atoms with Crippen LogP contribution in [0.4, 0.5) is 0 Å². The highest BCUT2D eigenvalue weighted by molar-refractivity contribution is 5.83. The van der Waals surface area contributed by atoms with Gasteiger partial charge in [-0.1, -0.05) is 29.8 Å². The van der Waals surface area contributed by atoms with Crippen LogP contribution in [0.2, 0.25) is 0 Å². The molecule has 0 spiro atoms. The van der Waals surface area contributed by atoms with Crippen molar-refractivity contribution in [1.82, 2.24) is 15.1 Å². The lowest BCUT2D eigenvalue weighted by Gasteiger charge is -2.30. The number of nitrogens with zero attached hydrogens (tertiary/aromatic N) is 2. The highest BCUT2D eigenvalue weighted by Crippen LogP contribution is 2.19. The smallest absolute Gasteiger partial charge is 0.241 e. The number of amides is 1. The van der Waals surface area contributed by atoms with Crippen molar-refractivity contribution < 1.29 is 9.90 Å². The number of hydrogen-bond donors (Lipinski definition) is 2. The molecule has 1 aromatic rings. The summed E-state index contributed by atoms with van der Waals surface area (Å²) >= 11 is 0. The van der Waals surface area contributed by atoms with E-state index < -0.39 is 0 Å². The molecule has 1 aliphatic heterocycles. The lowest BCUT2D eigenvalue weighted by molar-refractivity contribution is -0.125. The number of carbonyl (C=O) groups excluding carboxylic acids is 1. The van der Waals surface area contributed by atoms with Crippen molar-refractivity contribution in [2.45, 2.75) is 31.9 Å². The number of hydrogen-bond acceptors (Lipinski definition) is 4. The van der Waals surface area contributed by atoms with Crippen molar-refractivity contribution >= 4 is 5.91 Å². The monoisotopic (exact) mass is 319 g/mol. The molecule has 1 amide bonds. The quantitative estimate of drug-likeness (QED) is 0.826. The van der Waals surface area contributed by atoms with E-state index in [4.69, 9.17) is 0 Å². The third-order valence-electron chi connectivity index (χ3n) is 4.41. The molecule has 5 nitrogen and oxygen atoms in total. The molecule has 128 valence electrons. The van der Waals surface area contributed by atoms with Crippen molar-refractivity contribution in [3.05, 3.63) is 35.4 Å². The summed E-state index contributed by atoms with van der Waals surface area (Å²) in [6.45, 7) is 5.34. The summed E-state index contributed by atoms with van der Waals surface area (Å²) in [4.78, 5) is 16.8. The summed E-state index contributed by atoms with van der Waals surface area (Å²) in [7, 11) is 3.86. The minimum absolute atomic E-state index is 0.0395. The molecule has 1 aliphatic rings. The fourth-order valence-electron chi connectivity index (χ4n) is 3.10. The Bertz CT molecular complexity index is 511. The molecular weight excluding hydrogens is 290 g/mol. The van der Waals surface area contributed by atoms with Gasteiger partial charge in [0, 0.05) is 26.2 Å². The van der Waals surface area contributed by atoms with Gasteiger partial charge < -0.3 is 15.3 Å². The van der Waals surface area contributed by atoms with Crippen molar-refractivity contribution in [1.29, 1.82) is 0 Å². The number of likely N-dealkylation sites (N-methyl/N-ethyl adjacent to an activating group) is 1. The molecule has 1 heterocycles. The zero-order chi connectivity index (χ0) is 16.8. The number of aliphatic hydroxyl groups excluding tert-OH is 1. The van der Waals surface area contributed by atoms with Crippen LogP contribution < -0.4 is 5.32 Å². The second kappa shape index (κ2) is 8.43. The SMILES string of the molecule is Cc1cccc([C@@H](C(=O)NCCN2CCC(O)CC2)N(C)C)c1. The van der Waals surface area contributed by atoms with Crippen molar-refractivity contribution in [3.8, 4) is 0 Å². The van der Waals surface area contributed by atoms with Gasteiger partial charge in [-0.2, -0.15) is 0 Å². The summed E-state index contributed by atoms with van der Waals surface area (Å²) in [5, 5.41) is 12.6. The highest BCUT2D eigenvalue weighted by Gasteiger charge is 2.23. The van der Waals surface area contributed by atoms with E-state index in [0.717, 1.165) is 43.6 Å². The average molecular weight is 319 g/mol. The Morgan fingerprint density at radius 3 is 2.70 bits per heavy atom. The second-order valence-corrected chi connectivity index (χ2v) is 6.64. The minimum Gasteiger partial charge on any atom is -0.393 e. The van der Waals surface area contributed by atoms with Crippen LogP contribution in [0.25, 0.3) is 0 Å². The van der Waals surface area contributed by atoms with Crippen molar-refractivity contribution in [3.63, 3.8) is 0 Å². The van der Waals surface area contributed by atoms with E-state index in [1.54, 1.807) is 0 Å². The number of aryl methyl sites for hydroxylation is 1. The molecule has 2 rings (SSSR count). The molecule has 0 radical (unpaired) electrons. The Morgan fingerprint density at radius 2 is 2.09 bits per heavy atom. The predicted octanol–water partition coefficient (Wildman–Crippen LogP) is 1.17. The van der Waals surface area contributed by atoms with E-state index in [0.29, 0.717) is 6.54 Å². The fourth-order valence-corrected chi connectivity index (χ4v) is 3.10. The molecule has 0 unspecified atom stereocenters. The summed E-state index contributed by atoms with van der Waals surface area (Å²) in [6.07, 6.45) is 1.51. The van der Waals surface area contributed by atoms with E-state index in [2.05, 4.69) is 16.3 Å². The molecule has 0 aromatic heterocycles. The number of benzene rings is 1. The van der Waals surface area contributed by atoms with E-state index in [9.17, 15) is 9.90 Å². The Balaban J connectivity index is 1.86. The Kier molecular flexibility index (Phi) is 6.57. The van der Waals surface area contributed by atoms with Crippen LogP contribution in [0.5, 0.6) is 0 Å². The molecule has 0 aliphatic carbocycles. The summed E-state index contributed by atoms with van der Waals surface area (Å²) in [5.74, 6) is 0.0395. The maximum atomic E-state index is 12.6. The van der Waals surface area contributed by atoms with Gasteiger partial charge in [0.15, 0.2) is 0 Å². The average Bonchev–Trinajstić information content (AvgIpc) is 2.49. The molecule has 1 aromatic carbocycles. The standard InChI is InChI=1S/C18H29N3O2/c1-14-5-4-6-15(13-14)17(20(2)3)18(23)19-9-12-21-10-7-16(22)8-11-21/h4-6,13,16-17,22H,7-12H2,1-3H3,(H,19,23)/t17-/m0/s1. The van der Waals surface area contributed by atoms with Gasteiger partial charge in [-0.15, -0.1) is 0 Å². The maximum Gasteiger partial charge on any atom is 0.241 e. The van der Waals surface area contributed by atoms with Gasteiger partial charge in [-0.05, 0) is 39.4 Å². The molecule has 0 bridgehead atoms. The number of aliphatic hydroxyl groups is 1. The molecule has 1 fully saturated rings. The summed E-state index contributed by atoms with van der Waals surface area (Å²) < 4.78 is 0. The lowest BCUT2D eigenvalue weighted by atomic mass is 10.0. The predicted molar refractivity (Wildman–Crippen MR) is 92.3 cm³/mol. The van der Waals surface area contributed by atoms with Gasteiger partial charge in [0.05, 0.1) is 6.10 Å². The molecule has 2 N–H and O–H groups in total. The number of nitrogens with one attached hydrogen (secondary N) is 1. The number of piperidine rings is 1. The normalized spacial score (nSPS) is 18.1. The molecule has 23 heavy (non-hydrogen) atoms. The van der Waals surface area contributed by atoms with E-state index in [1.165, 1.54) is 0 Å². The van der Waals surface area contributed by atoms with Crippen LogP contribution in [-0.2, 0) is 4.79 Å². The number of rotatable bonds is 6. The maximum absolute atomic E-state index is 12.6. The first-order chi connectivity index (χ1) is 11.0. The van der Waals surface area contributed by atoms with Gasteiger partial charge >= 0.3 is 0 Å². The first-order valence-electron chi connectivity index (χ1n) is 8.38. The highest BCUT2D eigenvalue weighted by atomic mass is 16.3. The number of carbonyl (C=O) groups is 1. The Hall–Kier alpha value is -1.43. The topological polar surface area (TPSA) is 55.8 Å². The van der Waals surface area contributed by atoms with E-state index in [-0.39, 0.29) is 18.1 Å². The first kappa shape index (κ1) is 17.9. The minimum atomic E-state index is -0.266. The van der Waals surface area contributed by atoms with Gasteiger partial charge in [-0.25, -0.2) is 0 Å². The van der Waals surface area contributed by atoms with Gasteiger partial charge in [0.2, 0.25) is 5.91 Å². The van der Waals surface area contributed by atoms with E-state index >= 15 is 0 Å². The largest absolute Gasteiger partial charge is 0.393 e. The van der Waals surface area contributed by atoms with Gasteiger partial charge in [-0.3, -0.25) is 9.69 Å². The molecule has 0 saturated carbocycles. The Morgan fingerprint density at radius 1 is 1.39 bits per heavy atom. The zero-order valence-electron chi connectivity index (χ0n) is 14.5. The fraction of sp³-hybridized carbons (Fsp3) is 0.611. The molecule has 1 atom stereocenters. The zero-order valence-corrected chi connectivity index (χ0v) is 14.5. The van der Waals surface area contributed by atoms with Crippen LogP contribution >= 0.6 is 0 Å². The molecular formula is C18H29N3O2. The van der Waals surface area contributed by atoms with Crippen LogP contribution in [0, 0.1) is 6.92 Å². The van der Waals surface area contributed by atoms with Crippen molar-refractivity contribution in [2.24, 2.45) is 0 Å². The third-order valence-corrected chi connectivity index (χ3v) is 4.41. The van der Waals surface area contributed by atoms with E-state index in [1.807, 2.05) is 44.1 Å². The lowest BCUT2D eigenvalue weighted by Crippen LogP contribution is -2.43. The molecule has 5 heteroatoms. The van der Waals surface area contributed by atoms with Crippen LogP contribution in [0.3, 0.4) is 0 Å². The third kappa shape index (κ3) is 5.30. The number of likely N-dealkylation sites (tertiary alicyclic amines) is 1. The second-order valence-electron chi connectivity index (χ2n) is 6.64. The van der Waals surface area contributed by atoms with Gasteiger partial charge in [0.25, 0.3) is 0 Å². The summed E-state index contributed by atoms with van der Waals surface area (Å²) in [5.41, 5.74) is 2.18. The first-order valence-corrected chi connectivity index (χ1v) is 8.38. The van der Waals surface area contributed by atoms with Crippen LogP contribution in [0.15, 0.2) is 24.3 Å². The van der Waals surface area contributed by atoms with Crippen LogP contribution in [0.1, 0.15) is 30.0 Å². The van der Waals surface area contributed by atoms with Crippen molar-refractivity contribution in [2.75, 3.05) is 40.3 Å². The molecule has 1 saturated heterocycles. The summed E-state index contributed by atoms with van der Waals surface area (Å²) in [6, 6.07) is 7.84. The Labute approximate surface area is 139 Å². The van der Waals surface area contributed by atoms with Crippen LogP contribution in [-0.4, -0.2) is 67.2 Å².